The lowest BCUT2D eigenvalue weighted by Crippen LogP contribution is -2.38. The predicted molar refractivity (Wildman–Crippen MR) is 77.2 cm³/mol. The van der Waals surface area contributed by atoms with Gasteiger partial charge in [0, 0.05) is 26.6 Å². The van der Waals surface area contributed by atoms with Gasteiger partial charge in [0.15, 0.2) is 0 Å². The Bertz CT molecular complexity index is 432. The number of nitrogens with zero attached hydrogens (tertiary/aromatic N) is 1. The fraction of sp³-hybridized carbons (Fsp3) is 0.467. The van der Waals surface area contributed by atoms with Gasteiger partial charge < -0.3 is 15.0 Å². The number of ether oxygens (including phenoxy) is 1. The number of amides is 2. The molecule has 5 nitrogen and oxygen atoms in total. The second-order valence-corrected chi connectivity index (χ2v) is 4.80. The minimum Gasteiger partial charge on any atom is -0.445 e. The maximum absolute atomic E-state index is 11.7. The third kappa shape index (κ3) is 5.73. The zero-order chi connectivity index (χ0) is 15.0. The molecule has 110 valence electrons. The molecule has 1 aromatic rings. The molecule has 0 saturated heterocycles. The summed E-state index contributed by atoms with van der Waals surface area (Å²) in [6.45, 7) is 2.15. The third-order valence-electron chi connectivity index (χ3n) is 2.95. The minimum absolute atomic E-state index is 0.0137. The number of alkyl carbamates (subject to hydrolysis) is 1. The summed E-state index contributed by atoms with van der Waals surface area (Å²) in [4.78, 5) is 24.8. The van der Waals surface area contributed by atoms with Crippen molar-refractivity contribution in [2.45, 2.75) is 32.4 Å². The van der Waals surface area contributed by atoms with Gasteiger partial charge in [-0.15, -0.1) is 0 Å². The Morgan fingerprint density at radius 3 is 2.45 bits per heavy atom. The Balaban J connectivity index is 2.37. The van der Waals surface area contributed by atoms with Crippen LogP contribution in [0.25, 0.3) is 0 Å². The minimum atomic E-state index is -0.493. The number of nitrogens with one attached hydrogen (secondary N) is 1. The molecule has 1 rings (SSSR count). The zero-order valence-electron chi connectivity index (χ0n) is 12.3. The van der Waals surface area contributed by atoms with Crippen LogP contribution in [-0.4, -0.2) is 37.0 Å². The van der Waals surface area contributed by atoms with Gasteiger partial charge >= 0.3 is 6.09 Å². The third-order valence-corrected chi connectivity index (χ3v) is 2.95. The number of benzene rings is 1. The lowest BCUT2D eigenvalue weighted by Gasteiger charge is -2.18. The van der Waals surface area contributed by atoms with E-state index in [1.807, 2.05) is 37.3 Å². The first kappa shape index (κ1) is 16.0. The highest BCUT2D eigenvalue weighted by atomic mass is 16.5. The van der Waals surface area contributed by atoms with Crippen LogP contribution in [0.4, 0.5) is 4.79 Å². The number of carbonyl (C=O) groups excluding carboxylic acids is 2. The molecular weight excluding hydrogens is 256 g/mol. The van der Waals surface area contributed by atoms with Crippen molar-refractivity contribution in [3.8, 4) is 0 Å². The molecule has 1 atom stereocenters. The maximum atomic E-state index is 11.7. The first-order valence-electron chi connectivity index (χ1n) is 6.70. The molecule has 0 heterocycles. The van der Waals surface area contributed by atoms with Gasteiger partial charge in [0.1, 0.15) is 6.61 Å². The lowest BCUT2D eigenvalue weighted by molar-refractivity contribution is -0.129. The standard InChI is InChI=1S/C15H22N2O3/c1-4-13(10-14(18)17(2)3)16-15(19)20-11-12-8-6-5-7-9-12/h5-9,13H,4,10-11H2,1-3H3,(H,16,19). The van der Waals surface area contributed by atoms with Crippen molar-refractivity contribution >= 4 is 12.0 Å². The van der Waals surface area contributed by atoms with Gasteiger partial charge in [-0.3, -0.25) is 4.79 Å². The quantitative estimate of drug-likeness (QED) is 0.867. The Labute approximate surface area is 119 Å². The molecule has 2 amide bonds. The average Bonchev–Trinajstić information content (AvgIpc) is 2.45. The molecule has 0 fully saturated rings. The Hall–Kier alpha value is -2.04. The summed E-state index contributed by atoms with van der Waals surface area (Å²) in [5, 5.41) is 2.71. The second-order valence-electron chi connectivity index (χ2n) is 4.80. The largest absolute Gasteiger partial charge is 0.445 e. The lowest BCUT2D eigenvalue weighted by atomic mass is 10.1. The number of rotatable bonds is 6. The molecule has 0 aliphatic heterocycles. The molecule has 1 N–H and O–H groups in total. The van der Waals surface area contributed by atoms with Crippen LogP contribution in [-0.2, 0) is 16.1 Å². The van der Waals surface area contributed by atoms with Gasteiger partial charge in [0.2, 0.25) is 5.91 Å². The fourth-order valence-corrected chi connectivity index (χ4v) is 1.62. The van der Waals surface area contributed by atoms with Crippen LogP contribution in [0.15, 0.2) is 30.3 Å². The zero-order valence-corrected chi connectivity index (χ0v) is 12.3. The van der Waals surface area contributed by atoms with Gasteiger partial charge in [-0.25, -0.2) is 4.79 Å². The fourth-order valence-electron chi connectivity index (χ4n) is 1.62. The topological polar surface area (TPSA) is 58.6 Å². The highest BCUT2D eigenvalue weighted by molar-refractivity contribution is 5.77. The van der Waals surface area contributed by atoms with Gasteiger partial charge in [0.25, 0.3) is 0 Å². The molecule has 5 heteroatoms. The van der Waals surface area contributed by atoms with E-state index in [1.165, 1.54) is 4.90 Å². The summed E-state index contributed by atoms with van der Waals surface area (Å²) in [5.41, 5.74) is 0.931. The van der Waals surface area contributed by atoms with Crippen molar-refractivity contribution in [3.05, 3.63) is 35.9 Å². The smallest absolute Gasteiger partial charge is 0.407 e. The van der Waals surface area contributed by atoms with Gasteiger partial charge in [-0.2, -0.15) is 0 Å². The van der Waals surface area contributed by atoms with Crippen molar-refractivity contribution < 1.29 is 14.3 Å². The molecule has 0 spiro atoms. The van der Waals surface area contributed by atoms with E-state index >= 15 is 0 Å². The van der Waals surface area contributed by atoms with E-state index in [2.05, 4.69) is 5.32 Å². The predicted octanol–water partition coefficient (Wildman–Crippen LogP) is 2.17. The Morgan fingerprint density at radius 2 is 1.90 bits per heavy atom. The summed E-state index contributed by atoms with van der Waals surface area (Å²) in [6, 6.07) is 9.26. The van der Waals surface area contributed by atoms with E-state index in [0.717, 1.165) is 5.56 Å². The van der Waals surface area contributed by atoms with Crippen molar-refractivity contribution in [2.75, 3.05) is 14.1 Å². The van der Waals surface area contributed by atoms with Crippen LogP contribution >= 0.6 is 0 Å². The Kier molecular flexibility index (Phi) is 6.56. The average molecular weight is 278 g/mol. The molecule has 0 bridgehead atoms. The molecule has 0 radical (unpaired) electrons. The van der Waals surface area contributed by atoms with Crippen LogP contribution in [0, 0.1) is 0 Å². The van der Waals surface area contributed by atoms with Crippen molar-refractivity contribution in [1.29, 1.82) is 0 Å². The van der Waals surface area contributed by atoms with E-state index in [4.69, 9.17) is 4.74 Å². The van der Waals surface area contributed by atoms with Crippen molar-refractivity contribution in [2.24, 2.45) is 0 Å². The van der Waals surface area contributed by atoms with Crippen molar-refractivity contribution in [1.82, 2.24) is 10.2 Å². The summed E-state index contributed by atoms with van der Waals surface area (Å²) in [6.07, 6.45) is 0.469. The summed E-state index contributed by atoms with van der Waals surface area (Å²) >= 11 is 0. The van der Waals surface area contributed by atoms with Gasteiger partial charge in [-0.05, 0) is 12.0 Å². The first-order chi connectivity index (χ1) is 9.52. The SMILES string of the molecule is CCC(CC(=O)N(C)C)NC(=O)OCc1ccccc1. The van der Waals surface area contributed by atoms with Gasteiger partial charge in [-0.1, -0.05) is 37.3 Å². The van der Waals surface area contributed by atoms with E-state index < -0.39 is 6.09 Å². The van der Waals surface area contributed by atoms with Crippen LogP contribution in [0.5, 0.6) is 0 Å². The molecule has 0 aliphatic carbocycles. The van der Waals surface area contributed by atoms with E-state index in [9.17, 15) is 9.59 Å². The molecule has 0 aliphatic rings. The molecule has 20 heavy (non-hydrogen) atoms. The van der Waals surface area contributed by atoms with Crippen LogP contribution in [0.2, 0.25) is 0 Å². The summed E-state index contributed by atoms with van der Waals surface area (Å²) in [7, 11) is 3.39. The monoisotopic (exact) mass is 278 g/mol. The molecule has 0 aromatic heterocycles. The van der Waals surface area contributed by atoms with E-state index in [-0.39, 0.29) is 25.0 Å². The maximum Gasteiger partial charge on any atom is 0.407 e. The highest BCUT2D eigenvalue weighted by Gasteiger charge is 2.16. The Morgan fingerprint density at radius 1 is 1.25 bits per heavy atom. The molecule has 1 aromatic carbocycles. The first-order valence-corrected chi connectivity index (χ1v) is 6.70. The second kappa shape index (κ2) is 8.19. The normalized spacial score (nSPS) is 11.6. The van der Waals surface area contributed by atoms with Crippen molar-refractivity contribution in [3.63, 3.8) is 0 Å². The molecule has 1 unspecified atom stereocenters. The summed E-state index contributed by atoms with van der Waals surface area (Å²) in [5.74, 6) is -0.0137. The highest BCUT2D eigenvalue weighted by Crippen LogP contribution is 2.03. The van der Waals surface area contributed by atoms with E-state index in [1.54, 1.807) is 14.1 Å². The summed E-state index contributed by atoms with van der Waals surface area (Å²) < 4.78 is 5.13. The van der Waals surface area contributed by atoms with Crippen LogP contribution in [0.3, 0.4) is 0 Å². The number of carbonyl (C=O) groups is 2. The molecular formula is C15H22N2O3. The van der Waals surface area contributed by atoms with Crippen LogP contribution < -0.4 is 5.32 Å². The number of hydrogen-bond acceptors (Lipinski definition) is 3. The number of hydrogen-bond donors (Lipinski definition) is 1. The van der Waals surface area contributed by atoms with E-state index in [0.29, 0.717) is 6.42 Å². The van der Waals surface area contributed by atoms with Crippen LogP contribution in [0.1, 0.15) is 25.3 Å². The van der Waals surface area contributed by atoms with Gasteiger partial charge in [0.05, 0.1) is 0 Å². The molecule has 0 saturated carbocycles.